The molecule has 3 nitrogen and oxygen atoms in total. The van der Waals surface area contributed by atoms with Gasteiger partial charge in [0.15, 0.2) is 0 Å². The standard InChI is InChI=1S/C10H22N2O/c1-4-6-12(7-5-2)9-10(8-11)13-3/h4,10H,1,5-9,11H2,2-3H3. The summed E-state index contributed by atoms with van der Waals surface area (Å²) in [5.74, 6) is 0. The third kappa shape index (κ3) is 5.80. The Kier molecular flexibility index (Phi) is 7.99. The summed E-state index contributed by atoms with van der Waals surface area (Å²) in [6.45, 7) is 9.35. The van der Waals surface area contributed by atoms with Gasteiger partial charge in [0.2, 0.25) is 0 Å². The van der Waals surface area contributed by atoms with Gasteiger partial charge in [-0.05, 0) is 13.0 Å². The molecule has 0 aromatic carbocycles. The first-order chi connectivity index (χ1) is 6.28. The summed E-state index contributed by atoms with van der Waals surface area (Å²) >= 11 is 0. The first-order valence-electron chi connectivity index (χ1n) is 4.84. The van der Waals surface area contributed by atoms with Gasteiger partial charge in [-0.25, -0.2) is 0 Å². The van der Waals surface area contributed by atoms with Gasteiger partial charge in [-0.3, -0.25) is 4.90 Å². The van der Waals surface area contributed by atoms with E-state index in [1.165, 1.54) is 0 Å². The molecule has 0 aromatic rings. The summed E-state index contributed by atoms with van der Waals surface area (Å²) in [5.41, 5.74) is 5.55. The molecule has 0 aromatic heterocycles. The highest BCUT2D eigenvalue weighted by atomic mass is 16.5. The minimum atomic E-state index is 0.145. The average Bonchev–Trinajstić information content (AvgIpc) is 2.14. The Morgan fingerprint density at radius 1 is 1.62 bits per heavy atom. The number of hydrogen-bond donors (Lipinski definition) is 1. The van der Waals surface area contributed by atoms with Crippen LogP contribution < -0.4 is 5.73 Å². The van der Waals surface area contributed by atoms with Crippen LogP contribution in [0.3, 0.4) is 0 Å². The fourth-order valence-electron chi connectivity index (χ4n) is 1.29. The van der Waals surface area contributed by atoms with Crippen molar-refractivity contribution in [1.29, 1.82) is 0 Å². The number of rotatable bonds is 8. The second kappa shape index (κ2) is 8.23. The first-order valence-corrected chi connectivity index (χ1v) is 4.84. The highest BCUT2D eigenvalue weighted by Gasteiger charge is 2.09. The molecule has 0 amide bonds. The topological polar surface area (TPSA) is 38.5 Å². The van der Waals surface area contributed by atoms with E-state index < -0.39 is 0 Å². The molecule has 3 heteroatoms. The van der Waals surface area contributed by atoms with E-state index in [9.17, 15) is 0 Å². The smallest absolute Gasteiger partial charge is 0.0820 e. The average molecular weight is 186 g/mol. The largest absolute Gasteiger partial charge is 0.379 e. The highest BCUT2D eigenvalue weighted by molar-refractivity contribution is 4.75. The fraction of sp³-hybridized carbons (Fsp3) is 0.800. The van der Waals surface area contributed by atoms with Crippen LogP contribution in [0.5, 0.6) is 0 Å². The molecule has 2 N–H and O–H groups in total. The molecule has 0 aliphatic carbocycles. The molecule has 0 saturated carbocycles. The van der Waals surface area contributed by atoms with Crippen molar-refractivity contribution >= 4 is 0 Å². The number of nitrogens with zero attached hydrogens (tertiary/aromatic N) is 1. The number of ether oxygens (including phenoxy) is 1. The molecule has 0 aliphatic heterocycles. The van der Waals surface area contributed by atoms with Crippen LogP contribution in [0.2, 0.25) is 0 Å². The van der Waals surface area contributed by atoms with Crippen LogP contribution in [0.1, 0.15) is 13.3 Å². The predicted molar refractivity (Wildman–Crippen MR) is 56.8 cm³/mol. The minimum Gasteiger partial charge on any atom is -0.379 e. The zero-order valence-corrected chi connectivity index (χ0v) is 8.83. The van der Waals surface area contributed by atoms with E-state index in [-0.39, 0.29) is 6.10 Å². The Balaban J connectivity index is 3.82. The molecule has 0 radical (unpaired) electrons. The van der Waals surface area contributed by atoms with Crippen LogP contribution in [0.25, 0.3) is 0 Å². The number of nitrogens with two attached hydrogens (primary N) is 1. The zero-order valence-electron chi connectivity index (χ0n) is 8.83. The quantitative estimate of drug-likeness (QED) is 0.571. The Hall–Kier alpha value is -0.380. The molecule has 0 fully saturated rings. The van der Waals surface area contributed by atoms with Gasteiger partial charge in [-0.2, -0.15) is 0 Å². The van der Waals surface area contributed by atoms with Crippen molar-refractivity contribution in [2.24, 2.45) is 5.73 Å². The minimum absolute atomic E-state index is 0.145. The van der Waals surface area contributed by atoms with Gasteiger partial charge in [-0.15, -0.1) is 6.58 Å². The monoisotopic (exact) mass is 186 g/mol. The van der Waals surface area contributed by atoms with Crippen molar-refractivity contribution in [3.8, 4) is 0 Å². The fourth-order valence-corrected chi connectivity index (χ4v) is 1.29. The van der Waals surface area contributed by atoms with Crippen LogP contribution in [-0.4, -0.2) is 44.3 Å². The molecule has 0 spiro atoms. The summed E-state index contributed by atoms with van der Waals surface area (Å²) in [6.07, 6.45) is 3.21. The van der Waals surface area contributed by atoms with Crippen molar-refractivity contribution in [2.75, 3.05) is 33.3 Å². The van der Waals surface area contributed by atoms with Crippen LogP contribution in [0.15, 0.2) is 12.7 Å². The summed E-state index contributed by atoms with van der Waals surface area (Å²) in [7, 11) is 1.70. The lowest BCUT2D eigenvalue weighted by Gasteiger charge is -2.24. The van der Waals surface area contributed by atoms with Gasteiger partial charge in [-0.1, -0.05) is 13.0 Å². The molecule has 13 heavy (non-hydrogen) atoms. The van der Waals surface area contributed by atoms with E-state index in [0.717, 1.165) is 26.1 Å². The molecule has 1 unspecified atom stereocenters. The third-order valence-electron chi connectivity index (χ3n) is 1.99. The summed E-state index contributed by atoms with van der Waals surface area (Å²) in [6, 6.07) is 0. The van der Waals surface area contributed by atoms with Crippen molar-refractivity contribution < 1.29 is 4.74 Å². The Morgan fingerprint density at radius 2 is 2.31 bits per heavy atom. The molecule has 0 rings (SSSR count). The highest BCUT2D eigenvalue weighted by Crippen LogP contribution is 1.96. The van der Waals surface area contributed by atoms with E-state index in [1.54, 1.807) is 7.11 Å². The molecule has 0 saturated heterocycles. The summed E-state index contributed by atoms with van der Waals surface area (Å²) in [4.78, 5) is 2.30. The van der Waals surface area contributed by atoms with Gasteiger partial charge in [0.25, 0.3) is 0 Å². The van der Waals surface area contributed by atoms with Gasteiger partial charge >= 0.3 is 0 Å². The van der Waals surface area contributed by atoms with Crippen molar-refractivity contribution in [3.05, 3.63) is 12.7 Å². The van der Waals surface area contributed by atoms with E-state index in [0.29, 0.717) is 6.54 Å². The van der Waals surface area contributed by atoms with Crippen molar-refractivity contribution in [1.82, 2.24) is 4.90 Å². The summed E-state index contributed by atoms with van der Waals surface area (Å²) < 4.78 is 5.22. The Bertz CT molecular complexity index is 124. The van der Waals surface area contributed by atoms with Crippen LogP contribution in [-0.2, 0) is 4.74 Å². The van der Waals surface area contributed by atoms with E-state index in [4.69, 9.17) is 10.5 Å². The molecule has 1 atom stereocenters. The van der Waals surface area contributed by atoms with Crippen molar-refractivity contribution in [3.63, 3.8) is 0 Å². The summed E-state index contributed by atoms with van der Waals surface area (Å²) in [5, 5.41) is 0. The SMILES string of the molecule is C=CCN(CCC)CC(CN)OC. The zero-order chi connectivity index (χ0) is 10.1. The molecular weight excluding hydrogens is 164 g/mol. The molecule has 78 valence electrons. The molecular formula is C10H22N2O. The Morgan fingerprint density at radius 3 is 2.69 bits per heavy atom. The van der Waals surface area contributed by atoms with E-state index in [2.05, 4.69) is 18.4 Å². The molecule has 0 bridgehead atoms. The van der Waals surface area contributed by atoms with Crippen molar-refractivity contribution in [2.45, 2.75) is 19.4 Å². The normalized spacial score (nSPS) is 13.2. The lowest BCUT2D eigenvalue weighted by molar-refractivity contribution is 0.0737. The maximum Gasteiger partial charge on any atom is 0.0820 e. The number of methoxy groups -OCH3 is 1. The maximum absolute atomic E-state index is 5.55. The van der Waals surface area contributed by atoms with Gasteiger partial charge in [0.05, 0.1) is 6.10 Å². The van der Waals surface area contributed by atoms with Crippen LogP contribution >= 0.6 is 0 Å². The second-order valence-electron chi connectivity index (χ2n) is 3.14. The Labute approximate surface area is 81.5 Å². The lowest BCUT2D eigenvalue weighted by atomic mass is 10.3. The van der Waals surface area contributed by atoms with Gasteiger partial charge < -0.3 is 10.5 Å². The van der Waals surface area contributed by atoms with Crippen LogP contribution in [0.4, 0.5) is 0 Å². The van der Waals surface area contributed by atoms with E-state index >= 15 is 0 Å². The van der Waals surface area contributed by atoms with Gasteiger partial charge in [0, 0.05) is 26.7 Å². The van der Waals surface area contributed by atoms with Crippen LogP contribution in [0, 0.1) is 0 Å². The second-order valence-corrected chi connectivity index (χ2v) is 3.14. The third-order valence-corrected chi connectivity index (χ3v) is 1.99. The molecule has 0 heterocycles. The maximum atomic E-state index is 5.55. The van der Waals surface area contributed by atoms with E-state index in [1.807, 2.05) is 6.08 Å². The first kappa shape index (κ1) is 12.6. The number of hydrogen-bond acceptors (Lipinski definition) is 3. The predicted octanol–water partition coefficient (Wildman–Crippen LogP) is 0.858. The molecule has 0 aliphatic rings. The van der Waals surface area contributed by atoms with Gasteiger partial charge in [0.1, 0.15) is 0 Å². The lowest BCUT2D eigenvalue weighted by Crippen LogP contribution is -2.38.